The fourth-order valence-electron chi connectivity index (χ4n) is 4.93. The molecule has 0 aliphatic heterocycles. The molecule has 24 heavy (non-hydrogen) atoms. The number of hydrogen-bond acceptors (Lipinski definition) is 1. The summed E-state index contributed by atoms with van der Waals surface area (Å²) < 4.78 is 0. The van der Waals surface area contributed by atoms with E-state index >= 15 is 0 Å². The van der Waals surface area contributed by atoms with Crippen LogP contribution in [-0.2, 0) is 6.42 Å². The molecule has 0 atom stereocenters. The first-order valence-corrected chi connectivity index (χ1v) is 10.5. The van der Waals surface area contributed by atoms with Crippen molar-refractivity contribution in [3.05, 3.63) is 29.8 Å². The second-order valence-electron chi connectivity index (χ2n) is 8.80. The van der Waals surface area contributed by atoms with Crippen LogP contribution in [0, 0.1) is 23.7 Å². The lowest BCUT2D eigenvalue weighted by molar-refractivity contribution is 0.217. The summed E-state index contributed by atoms with van der Waals surface area (Å²) >= 11 is 0. The number of phenols is 1. The minimum atomic E-state index is 0.381. The zero-order valence-electron chi connectivity index (χ0n) is 15.6. The van der Waals surface area contributed by atoms with E-state index in [4.69, 9.17) is 0 Å². The molecule has 0 bridgehead atoms. The maximum atomic E-state index is 9.36. The number of aryl methyl sites for hydroxylation is 1. The van der Waals surface area contributed by atoms with Gasteiger partial charge in [-0.05, 0) is 54.2 Å². The van der Waals surface area contributed by atoms with Crippen molar-refractivity contribution in [3.63, 3.8) is 0 Å². The second kappa shape index (κ2) is 8.92. The van der Waals surface area contributed by atoms with Gasteiger partial charge in [0.2, 0.25) is 0 Å². The van der Waals surface area contributed by atoms with Gasteiger partial charge in [0, 0.05) is 0 Å². The van der Waals surface area contributed by atoms with E-state index in [1.165, 1.54) is 82.6 Å². The minimum Gasteiger partial charge on any atom is -0.508 e. The molecule has 2 aliphatic rings. The molecule has 134 valence electrons. The SMILES string of the molecule is C[C@H]1CC[C@H](CC[C@H]2CC[C@H](CCc3ccc(O)cc3)CC2)CC1. The zero-order valence-corrected chi connectivity index (χ0v) is 15.6. The van der Waals surface area contributed by atoms with Crippen molar-refractivity contribution in [2.24, 2.45) is 23.7 Å². The van der Waals surface area contributed by atoms with E-state index in [9.17, 15) is 5.11 Å². The highest BCUT2D eigenvalue weighted by Crippen LogP contribution is 2.37. The van der Waals surface area contributed by atoms with E-state index in [1.807, 2.05) is 12.1 Å². The first-order chi connectivity index (χ1) is 11.7. The van der Waals surface area contributed by atoms with Crippen molar-refractivity contribution in [2.75, 3.05) is 0 Å². The summed E-state index contributed by atoms with van der Waals surface area (Å²) in [7, 11) is 0. The van der Waals surface area contributed by atoms with E-state index < -0.39 is 0 Å². The fourth-order valence-corrected chi connectivity index (χ4v) is 4.93. The lowest BCUT2D eigenvalue weighted by Gasteiger charge is -2.31. The molecular weight excluding hydrogens is 292 g/mol. The van der Waals surface area contributed by atoms with Gasteiger partial charge in [-0.25, -0.2) is 0 Å². The highest BCUT2D eigenvalue weighted by atomic mass is 16.3. The van der Waals surface area contributed by atoms with Crippen molar-refractivity contribution in [1.29, 1.82) is 0 Å². The first-order valence-electron chi connectivity index (χ1n) is 10.5. The molecule has 1 heteroatoms. The average molecular weight is 329 g/mol. The van der Waals surface area contributed by atoms with Crippen LogP contribution < -0.4 is 0 Å². The topological polar surface area (TPSA) is 20.2 Å². The van der Waals surface area contributed by atoms with Crippen molar-refractivity contribution in [2.45, 2.75) is 84.0 Å². The molecule has 0 heterocycles. The van der Waals surface area contributed by atoms with Crippen LogP contribution in [0.3, 0.4) is 0 Å². The summed E-state index contributed by atoms with van der Waals surface area (Å²) in [5.74, 6) is 4.38. The molecule has 1 aromatic carbocycles. The maximum absolute atomic E-state index is 9.36. The van der Waals surface area contributed by atoms with Gasteiger partial charge < -0.3 is 5.11 Å². The van der Waals surface area contributed by atoms with Crippen molar-refractivity contribution >= 4 is 0 Å². The molecule has 0 amide bonds. The van der Waals surface area contributed by atoms with Crippen LogP contribution >= 0.6 is 0 Å². The van der Waals surface area contributed by atoms with Gasteiger partial charge in [-0.3, -0.25) is 0 Å². The molecule has 2 aliphatic carbocycles. The van der Waals surface area contributed by atoms with Crippen LogP contribution in [0.1, 0.15) is 83.1 Å². The third kappa shape index (κ3) is 5.53. The van der Waals surface area contributed by atoms with Crippen LogP contribution in [0.25, 0.3) is 0 Å². The van der Waals surface area contributed by atoms with E-state index in [2.05, 4.69) is 19.1 Å². The Morgan fingerprint density at radius 3 is 1.71 bits per heavy atom. The zero-order chi connectivity index (χ0) is 16.8. The molecule has 0 radical (unpaired) electrons. The molecule has 1 nitrogen and oxygen atoms in total. The number of hydrogen-bond donors (Lipinski definition) is 1. The maximum Gasteiger partial charge on any atom is 0.115 e. The Hall–Kier alpha value is -0.980. The molecule has 2 saturated carbocycles. The summed E-state index contributed by atoms with van der Waals surface area (Å²) in [4.78, 5) is 0. The van der Waals surface area contributed by atoms with E-state index in [0.29, 0.717) is 5.75 Å². The number of rotatable bonds is 6. The van der Waals surface area contributed by atoms with Gasteiger partial charge in [-0.15, -0.1) is 0 Å². The lowest BCUT2D eigenvalue weighted by Crippen LogP contribution is -2.17. The third-order valence-corrected chi connectivity index (χ3v) is 6.86. The number of benzene rings is 1. The Morgan fingerprint density at radius 1 is 0.708 bits per heavy atom. The lowest BCUT2D eigenvalue weighted by atomic mass is 9.75. The molecule has 0 unspecified atom stereocenters. The standard InChI is InChI=1S/C23H36O/c1-18-2-4-19(5-3-18)6-7-20-8-10-21(11-9-20)12-13-22-14-16-23(24)17-15-22/h14-21,24H,2-13H2,1H3/t18-,19-,20-,21-. The summed E-state index contributed by atoms with van der Waals surface area (Å²) in [5, 5.41) is 9.36. The second-order valence-corrected chi connectivity index (χ2v) is 8.80. The van der Waals surface area contributed by atoms with Gasteiger partial charge in [-0.1, -0.05) is 83.3 Å². The molecule has 3 rings (SSSR count). The normalized spacial score (nSPS) is 31.0. The molecular formula is C23H36O. The molecule has 0 spiro atoms. The molecule has 0 aromatic heterocycles. The minimum absolute atomic E-state index is 0.381. The Labute approximate surface area is 148 Å². The van der Waals surface area contributed by atoms with Gasteiger partial charge in [0.15, 0.2) is 0 Å². The average Bonchev–Trinajstić information content (AvgIpc) is 2.62. The van der Waals surface area contributed by atoms with Gasteiger partial charge in [-0.2, -0.15) is 0 Å². The molecule has 0 saturated heterocycles. The third-order valence-electron chi connectivity index (χ3n) is 6.86. The number of aromatic hydroxyl groups is 1. The van der Waals surface area contributed by atoms with Gasteiger partial charge in [0.05, 0.1) is 0 Å². The van der Waals surface area contributed by atoms with Crippen LogP contribution in [0.15, 0.2) is 24.3 Å². The van der Waals surface area contributed by atoms with E-state index in [-0.39, 0.29) is 0 Å². The van der Waals surface area contributed by atoms with Gasteiger partial charge in [0.1, 0.15) is 5.75 Å². The Kier molecular flexibility index (Phi) is 6.63. The fraction of sp³-hybridized carbons (Fsp3) is 0.739. The Morgan fingerprint density at radius 2 is 1.17 bits per heavy atom. The summed E-state index contributed by atoms with van der Waals surface area (Å²) in [6, 6.07) is 7.79. The summed E-state index contributed by atoms with van der Waals surface area (Å²) in [5.41, 5.74) is 1.38. The number of phenolic OH excluding ortho intramolecular Hbond substituents is 1. The largest absolute Gasteiger partial charge is 0.508 e. The van der Waals surface area contributed by atoms with Crippen LogP contribution in [-0.4, -0.2) is 5.11 Å². The monoisotopic (exact) mass is 328 g/mol. The molecule has 1 aromatic rings. The quantitative estimate of drug-likeness (QED) is 0.613. The van der Waals surface area contributed by atoms with Gasteiger partial charge in [0.25, 0.3) is 0 Å². The predicted molar refractivity (Wildman–Crippen MR) is 102 cm³/mol. The molecule has 2 fully saturated rings. The van der Waals surface area contributed by atoms with Crippen LogP contribution in [0.2, 0.25) is 0 Å². The predicted octanol–water partition coefficient (Wildman–Crippen LogP) is 6.74. The Balaban J connectivity index is 1.30. The molecule has 1 N–H and O–H groups in total. The Bertz CT molecular complexity index is 461. The smallest absolute Gasteiger partial charge is 0.115 e. The van der Waals surface area contributed by atoms with Crippen molar-refractivity contribution in [3.8, 4) is 5.75 Å². The summed E-state index contributed by atoms with van der Waals surface area (Å²) in [6.45, 7) is 2.43. The van der Waals surface area contributed by atoms with Crippen LogP contribution in [0.4, 0.5) is 0 Å². The summed E-state index contributed by atoms with van der Waals surface area (Å²) in [6.07, 6.45) is 17.3. The van der Waals surface area contributed by atoms with Crippen molar-refractivity contribution < 1.29 is 5.11 Å². The van der Waals surface area contributed by atoms with Crippen molar-refractivity contribution in [1.82, 2.24) is 0 Å². The highest BCUT2D eigenvalue weighted by Gasteiger charge is 2.23. The highest BCUT2D eigenvalue weighted by molar-refractivity contribution is 5.25. The van der Waals surface area contributed by atoms with Gasteiger partial charge >= 0.3 is 0 Å². The van der Waals surface area contributed by atoms with E-state index in [1.54, 1.807) is 0 Å². The first kappa shape index (κ1) is 17.8. The van der Waals surface area contributed by atoms with E-state index in [0.717, 1.165) is 23.7 Å². The van der Waals surface area contributed by atoms with Crippen LogP contribution in [0.5, 0.6) is 5.75 Å².